The van der Waals surface area contributed by atoms with Crippen LogP contribution in [0.5, 0.6) is 11.5 Å². The SMILES string of the molecule is COc1cc(I)c(C(=O)NC2CCNC2)cc1OC.Cl. The fourth-order valence-electron chi connectivity index (χ4n) is 2.07. The molecule has 1 aliphatic rings. The Morgan fingerprint density at radius 3 is 2.55 bits per heavy atom. The summed E-state index contributed by atoms with van der Waals surface area (Å²) in [6.07, 6.45) is 0.968. The predicted molar refractivity (Wildman–Crippen MR) is 88.3 cm³/mol. The summed E-state index contributed by atoms with van der Waals surface area (Å²) in [6.45, 7) is 1.78. The van der Waals surface area contributed by atoms with Gasteiger partial charge in [0.2, 0.25) is 0 Å². The van der Waals surface area contributed by atoms with Gasteiger partial charge in [-0.3, -0.25) is 4.79 Å². The molecule has 7 heteroatoms. The van der Waals surface area contributed by atoms with Crippen LogP contribution in [0.15, 0.2) is 12.1 Å². The summed E-state index contributed by atoms with van der Waals surface area (Å²) in [5.41, 5.74) is 0.616. The van der Waals surface area contributed by atoms with Gasteiger partial charge < -0.3 is 20.1 Å². The number of benzene rings is 1. The van der Waals surface area contributed by atoms with Gasteiger partial charge >= 0.3 is 0 Å². The second kappa shape index (κ2) is 7.90. The Bertz CT molecular complexity index is 479. The Morgan fingerprint density at radius 1 is 1.35 bits per heavy atom. The molecule has 1 heterocycles. The molecule has 2 rings (SSSR count). The number of rotatable bonds is 4. The molecular weight excluding hydrogens is 395 g/mol. The number of nitrogens with one attached hydrogen (secondary N) is 2. The first kappa shape index (κ1) is 17.3. The van der Waals surface area contributed by atoms with Crippen LogP contribution >= 0.6 is 35.0 Å². The number of amides is 1. The smallest absolute Gasteiger partial charge is 0.252 e. The lowest BCUT2D eigenvalue weighted by atomic mass is 10.1. The van der Waals surface area contributed by atoms with Crippen LogP contribution in [-0.4, -0.2) is 39.3 Å². The van der Waals surface area contributed by atoms with Gasteiger partial charge in [0.25, 0.3) is 5.91 Å². The molecule has 112 valence electrons. The van der Waals surface area contributed by atoms with Crippen LogP contribution in [-0.2, 0) is 0 Å². The third-order valence-corrected chi connectivity index (χ3v) is 4.01. The molecular formula is C13H18ClIN2O3. The van der Waals surface area contributed by atoms with E-state index in [0.29, 0.717) is 17.1 Å². The van der Waals surface area contributed by atoms with Crippen molar-refractivity contribution in [1.82, 2.24) is 10.6 Å². The van der Waals surface area contributed by atoms with Crippen LogP contribution in [0.2, 0.25) is 0 Å². The van der Waals surface area contributed by atoms with Crippen LogP contribution < -0.4 is 20.1 Å². The summed E-state index contributed by atoms with van der Waals surface area (Å²) in [6, 6.07) is 3.73. The first-order valence-corrected chi connectivity index (χ1v) is 7.16. The predicted octanol–water partition coefficient (Wildman–Crippen LogP) is 1.82. The molecule has 1 saturated heterocycles. The van der Waals surface area contributed by atoms with Crippen LogP contribution in [0.1, 0.15) is 16.8 Å². The minimum Gasteiger partial charge on any atom is -0.493 e. The number of hydrogen-bond donors (Lipinski definition) is 2. The quantitative estimate of drug-likeness (QED) is 0.741. The number of methoxy groups -OCH3 is 2. The summed E-state index contributed by atoms with van der Waals surface area (Å²) in [5, 5.41) is 6.25. The Morgan fingerprint density at radius 2 is 2.00 bits per heavy atom. The molecule has 1 atom stereocenters. The summed E-state index contributed by atoms with van der Waals surface area (Å²) >= 11 is 2.13. The molecule has 5 nitrogen and oxygen atoms in total. The van der Waals surface area contributed by atoms with Gasteiger partial charge in [0.1, 0.15) is 0 Å². The van der Waals surface area contributed by atoms with Crippen molar-refractivity contribution < 1.29 is 14.3 Å². The van der Waals surface area contributed by atoms with Crippen molar-refractivity contribution >= 4 is 40.9 Å². The van der Waals surface area contributed by atoms with E-state index in [0.717, 1.165) is 23.1 Å². The van der Waals surface area contributed by atoms with Gasteiger partial charge in [0, 0.05) is 16.2 Å². The minimum absolute atomic E-state index is 0. The van der Waals surface area contributed by atoms with Crippen molar-refractivity contribution in [2.24, 2.45) is 0 Å². The van der Waals surface area contributed by atoms with Gasteiger partial charge in [-0.1, -0.05) is 0 Å². The first-order valence-electron chi connectivity index (χ1n) is 6.08. The number of hydrogen-bond acceptors (Lipinski definition) is 4. The zero-order valence-electron chi connectivity index (χ0n) is 11.4. The van der Waals surface area contributed by atoms with Gasteiger partial charge in [-0.15, -0.1) is 12.4 Å². The lowest BCUT2D eigenvalue weighted by Gasteiger charge is -2.14. The van der Waals surface area contributed by atoms with Gasteiger partial charge in [0.15, 0.2) is 11.5 Å². The van der Waals surface area contributed by atoms with E-state index >= 15 is 0 Å². The molecule has 1 amide bonds. The van der Waals surface area contributed by atoms with Gasteiger partial charge in [-0.25, -0.2) is 0 Å². The fourth-order valence-corrected chi connectivity index (χ4v) is 2.75. The fraction of sp³-hybridized carbons (Fsp3) is 0.462. The van der Waals surface area contributed by atoms with Gasteiger partial charge in [0.05, 0.1) is 19.8 Å². The third-order valence-electron chi connectivity index (χ3n) is 3.11. The molecule has 0 radical (unpaired) electrons. The summed E-state index contributed by atoms with van der Waals surface area (Å²) < 4.78 is 11.3. The van der Waals surface area contributed by atoms with Crippen molar-refractivity contribution in [3.05, 3.63) is 21.3 Å². The van der Waals surface area contributed by atoms with E-state index < -0.39 is 0 Å². The van der Waals surface area contributed by atoms with Crippen LogP contribution in [0, 0.1) is 3.57 Å². The minimum atomic E-state index is -0.0703. The van der Waals surface area contributed by atoms with Crippen molar-refractivity contribution in [2.75, 3.05) is 27.3 Å². The lowest BCUT2D eigenvalue weighted by Crippen LogP contribution is -2.36. The maximum absolute atomic E-state index is 12.2. The molecule has 20 heavy (non-hydrogen) atoms. The summed E-state index contributed by atoms with van der Waals surface area (Å²) in [5.74, 6) is 1.13. The van der Waals surface area contributed by atoms with E-state index in [4.69, 9.17) is 9.47 Å². The van der Waals surface area contributed by atoms with Gasteiger partial charge in [-0.05, 0) is 47.7 Å². The molecule has 0 bridgehead atoms. The van der Waals surface area contributed by atoms with E-state index in [1.165, 1.54) is 0 Å². The zero-order valence-corrected chi connectivity index (χ0v) is 14.3. The second-order valence-electron chi connectivity index (χ2n) is 4.35. The van der Waals surface area contributed by atoms with Crippen molar-refractivity contribution in [1.29, 1.82) is 0 Å². The molecule has 0 aliphatic carbocycles. The van der Waals surface area contributed by atoms with Crippen molar-refractivity contribution in [3.8, 4) is 11.5 Å². The molecule has 0 aromatic heterocycles. The lowest BCUT2D eigenvalue weighted by molar-refractivity contribution is 0.0938. The number of carbonyl (C=O) groups is 1. The number of carbonyl (C=O) groups excluding carboxylic acids is 1. The van der Waals surface area contributed by atoms with E-state index in [2.05, 4.69) is 33.2 Å². The maximum Gasteiger partial charge on any atom is 0.252 e. The molecule has 1 unspecified atom stereocenters. The Labute approximate surface area is 138 Å². The molecule has 2 N–H and O–H groups in total. The molecule has 1 aromatic carbocycles. The average molecular weight is 413 g/mol. The zero-order chi connectivity index (χ0) is 13.8. The van der Waals surface area contributed by atoms with E-state index in [9.17, 15) is 4.79 Å². The van der Waals surface area contributed by atoms with E-state index in [1.807, 2.05) is 0 Å². The Kier molecular flexibility index (Phi) is 6.84. The first-order chi connectivity index (χ1) is 9.15. The molecule has 0 saturated carbocycles. The highest BCUT2D eigenvalue weighted by Crippen LogP contribution is 2.31. The summed E-state index contributed by atoms with van der Waals surface area (Å²) in [7, 11) is 3.14. The standard InChI is InChI=1S/C13H17IN2O3.ClH/c1-18-11-5-9(10(14)6-12(11)19-2)13(17)16-8-3-4-15-7-8;/h5-6,8,15H,3-4,7H2,1-2H3,(H,16,17);1H. The topological polar surface area (TPSA) is 59.6 Å². The van der Waals surface area contributed by atoms with Crippen molar-refractivity contribution in [2.45, 2.75) is 12.5 Å². The third kappa shape index (κ3) is 3.89. The molecule has 1 fully saturated rings. The number of ether oxygens (including phenoxy) is 2. The van der Waals surface area contributed by atoms with E-state index in [1.54, 1.807) is 26.4 Å². The largest absolute Gasteiger partial charge is 0.493 e. The van der Waals surface area contributed by atoms with Crippen LogP contribution in [0.4, 0.5) is 0 Å². The molecule has 1 aliphatic heterocycles. The molecule has 1 aromatic rings. The highest BCUT2D eigenvalue weighted by molar-refractivity contribution is 14.1. The molecule has 0 spiro atoms. The Hall–Kier alpha value is -0.730. The maximum atomic E-state index is 12.2. The average Bonchev–Trinajstić information content (AvgIpc) is 2.90. The number of halogens is 2. The highest BCUT2D eigenvalue weighted by Gasteiger charge is 2.20. The Balaban J connectivity index is 0.00000200. The van der Waals surface area contributed by atoms with Crippen molar-refractivity contribution in [3.63, 3.8) is 0 Å². The monoisotopic (exact) mass is 412 g/mol. The second-order valence-corrected chi connectivity index (χ2v) is 5.51. The van der Waals surface area contributed by atoms with Gasteiger partial charge in [-0.2, -0.15) is 0 Å². The summed E-state index contributed by atoms with van der Waals surface area (Å²) in [4.78, 5) is 12.2. The van der Waals surface area contributed by atoms with E-state index in [-0.39, 0.29) is 24.4 Å². The normalized spacial score (nSPS) is 17.2. The van der Waals surface area contributed by atoms with Crippen LogP contribution in [0.3, 0.4) is 0 Å². The van der Waals surface area contributed by atoms with Crippen LogP contribution in [0.25, 0.3) is 0 Å². The highest BCUT2D eigenvalue weighted by atomic mass is 127.